The second kappa shape index (κ2) is 12.1. The summed E-state index contributed by atoms with van der Waals surface area (Å²) >= 11 is 0. The number of rotatable bonds is 6. The Hall–Kier alpha value is -1.00. The molecule has 1 aromatic rings. The van der Waals surface area contributed by atoms with Gasteiger partial charge in [0.2, 0.25) is 0 Å². The summed E-state index contributed by atoms with van der Waals surface area (Å²) in [6.45, 7) is 8.17. The zero-order valence-electron chi connectivity index (χ0n) is 18.2. The van der Waals surface area contributed by atoms with Crippen LogP contribution in [0.3, 0.4) is 0 Å². The van der Waals surface area contributed by atoms with Crippen molar-refractivity contribution in [3.05, 3.63) is 35.4 Å². The Morgan fingerprint density at radius 1 is 1.07 bits per heavy atom. The maximum atomic E-state index is 13.9. The standard InChI is InChI=1S/C22H35F2N5.HI/c1-3-25-21(26-16-18-15-19(23)7-8-20(18)24)27-17-22(9-13-28(2)14-10-22)29-11-5-4-6-12-29;/h7-8,15H,3-6,9-14,16-17H2,1-2H3,(H2,25,26,27);1H. The van der Waals surface area contributed by atoms with Crippen LogP contribution in [-0.4, -0.2) is 67.6 Å². The Bertz CT molecular complexity index is 686. The van der Waals surface area contributed by atoms with Gasteiger partial charge in [-0.15, -0.1) is 24.0 Å². The number of piperidine rings is 2. The summed E-state index contributed by atoms with van der Waals surface area (Å²) in [6, 6.07) is 3.51. The van der Waals surface area contributed by atoms with Crippen LogP contribution in [0.1, 0.15) is 44.6 Å². The maximum Gasteiger partial charge on any atom is 0.191 e. The molecule has 0 atom stereocenters. The van der Waals surface area contributed by atoms with E-state index in [2.05, 4.69) is 32.5 Å². The molecule has 2 saturated heterocycles. The normalized spacial score (nSPS) is 20.5. The molecular weight excluding hydrogens is 499 g/mol. The van der Waals surface area contributed by atoms with Crippen LogP contribution < -0.4 is 10.6 Å². The van der Waals surface area contributed by atoms with E-state index in [-0.39, 0.29) is 41.6 Å². The Morgan fingerprint density at radius 3 is 2.43 bits per heavy atom. The van der Waals surface area contributed by atoms with Crippen molar-refractivity contribution in [2.24, 2.45) is 4.99 Å². The quantitative estimate of drug-likeness (QED) is 0.332. The van der Waals surface area contributed by atoms with Gasteiger partial charge in [0.1, 0.15) is 11.6 Å². The summed E-state index contributed by atoms with van der Waals surface area (Å²) in [5, 5.41) is 6.76. The van der Waals surface area contributed by atoms with Crippen LogP contribution in [0.15, 0.2) is 23.2 Å². The summed E-state index contributed by atoms with van der Waals surface area (Å²) in [6.07, 6.45) is 6.13. The van der Waals surface area contributed by atoms with E-state index >= 15 is 0 Å². The van der Waals surface area contributed by atoms with Gasteiger partial charge in [-0.2, -0.15) is 0 Å². The van der Waals surface area contributed by atoms with Gasteiger partial charge in [0, 0.05) is 24.2 Å². The van der Waals surface area contributed by atoms with Crippen LogP contribution in [0.25, 0.3) is 0 Å². The fraction of sp³-hybridized carbons (Fsp3) is 0.682. The molecule has 2 N–H and O–H groups in total. The second-order valence-corrected chi connectivity index (χ2v) is 8.36. The highest BCUT2D eigenvalue weighted by Crippen LogP contribution is 2.30. The second-order valence-electron chi connectivity index (χ2n) is 8.36. The monoisotopic (exact) mass is 535 g/mol. The molecule has 5 nitrogen and oxygen atoms in total. The first kappa shape index (κ1) is 25.3. The summed E-state index contributed by atoms with van der Waals surface area (Å²) in [5.41, 5.74) is 0.403. The Morgan fingerprint density at radius 2 is 1.77 bits per heavy atom. The lowest BCUT2D eigenvalue weighted by Gasteiger charge is -2.50. The minimum absolute atomic E-state index is 0. The molecule has 0 unspecified atom stereocenters. The van der Waals surface area contributed by atoms with Gasteiger partial charge in [-0.3, -0.25) is 4.90 Å². The molecule has 0 aromatic heterocycles. The van der Waals surface area contributed by atoms with Crippen LogP contribution in [0.4, 0.5) is 8.78 Å². The van der Waals surface area contributed by atoms with Crippen molar-refractivity contribution in [1.29, 1.82) is 0 Å². The van der Waals surface area contributed by atoms with E-state index in [1.54, 1.807) is 0 Å². The van der Waals surface area contributed by atoms with Crippen LogP contribution in [-0.2, 0) is 6.54 Å². The van der Waals surface area contributed by atoms with Crippen LogP contribution in [0.5, 0.6) is 0 Å². The molecule has 0 aliphatic carbocycles. The molecule has 30 heavy (non-hydrogen) atoms. The minimum Gasteiger partial charge on any atom is -0.357 e. The number of hydrogen-bond acceptors (Lipinski definition) is 3. The molecule has 0 bridgehead atoms. The fourth-order valence-corrected chi connectivity index (χ4v) is 4.43. The Labute approximate surface area is 196 Å². The van der Waals surface area contributed by atoms with Crippen molar-refractivity contribution in [2.75, 3.05) is 46.3 Å². The van der Waals surface area contributed by atoms with Gasteiger partial charge >= 0.3 is 0 Å². The summed E-state index contributed by atoms with van der Waals surface area (Å²) in [5.74, 6) is -0.206. The molecule has 8 heteroatoms. The van der Waals surface area contributed by atoms with E-state index in [9.17, 15) is 8.78 Å². The highest BCUT2D eigenvalue weighted by Gasteiger charge is 2.39. The van der Waals surface area contributed by atoms with Gasteiger partial charge < -0.3 is 15.5 Å². The van der Waals surface area contributed by atoms with Crippen molar-refractivity contribution >= 4 is 29.9 Å². The van der Waals surface area contributed by atoms with Gasteiger partial charge in [0.25, 0.3) is 0 Å². The summed E-state index contributed by atoms with van der Waals surface area (Å²) < 4.78 is 27.4. The molecule has 170 valence electrons. The number of aliphatic imine (C=N–C) groups is 1. The van der Waals surface area contributed by atoms with E-state index in [4.69, 9.17) is 0 Å². The van der Waals surface area contributed by atoms with Crippen molar-refractivity contribution < 1.29 is 8.78 Å². The van der Waals surface area contributed by atoms with Gasteiger partial charge in [0.15, 0.2) is 5.96 Å². The van der Waals surface area contributed by atoms with Crippen molar-refractivity contribution in [3.63, 3.8) is 0 Å². The van der Waals surface area contributed by atoms with Crippen molar-refractivity contribution in [3.8, 4) is 0 Å². The van der Waals surface area contributed by atoms with Crippen LogP contribution in [0.2, 0.25) is 0 Å². The summed E-state index contributed by atoms with van der Waals surface area (Å²) in [4.78, 5) is 9.59. The predicted molar refractivity (Wildman–Crippen MR) is 129 cm³/mol. The summed E-state index contributed by atoms with van der Waals surface area (Å²) in [7, 11) is 2.19. The SMILES string of the molecule is CCNC(=NCc1cc(F)ccc1F)NCC1(N2CCCCC2)CCN(C)CC1.I. The zero-order valence-corrected chi connectivity index (χ0v) is 20.6. The van der Waals surface area contributed by atoms with Crippen LogP contribution in [0, 0.1) is 11.6 Å². The molecule has 2 heterocycles. The number of halogens is 3. The van der Waals surface area contributed by atoms with Gasteiger partial charge in [0.05, 0.1) is 6.54 Å². The zero-order chi connectivity index (χ0) is 20.7. The first-order valence-electron chi connectivity index (χ1n) is 10.9. The molecule has 3 rings (SSSR count). The first-order valence-corrected chi connectivity index (χ1v) is 10.9. The minimum atomic E-state index is -0.440. The van der Waals surface area contributed by atoms with Gasteiger partial charge in [-0.25, -0.2) is 13.8 Å². The number of likely N-dealkylation sites (tertiary alicyclic amines) is 2. The molecule has 2 fully saturated rings. The Balaban J connectivity index is 0.00000320. The third-order valence-electron chi connectivity index (χ3n) is 6.29. The average molecular weight is 535 g/mol. The lowest BCUT2D eigenvalue weighted by atomic mass is 9.84. The van der Waals surface area contributed by atoms with Crippen molar-refractivity contribution in [1.82, 2.24) is 20.4 Å². The molecule has 1 aromatic carbocycles. The number of nitrogens with zero attached hydrogens (tertiary/aromatic N) is 3. The van der Waals surface area contributed by atoms with Crippen molar-refractivity contribution in [2.45, 2.75) is 51.1 Å². The van der Waals surface area contributed by atoms with E-state index in [1.165, 1.54) is 25.3 Å². The van der Waals surface area contributed by atoms with E-state index in [0.29, 0.717) is 5.96 Å². The van der Waals surface area contributed by atoms with E-state index < -0.39 is 11.6 Å². The molecule has 0 spiro atoms. The molecule has 0 saturated carbocycles. The maximum absolute atomic E-state index is 13.9. The first-order chi connectivity index (χ1) is 14.0. The lowest BCUT2D eigenvalue weighted by Crippen LogP contribution is -2.62. The predicted octanol–water partition coefficient (Wildman–Crippen LogP) is 3.59. The number of guanidine groups is 1. The van der Waals surface area contributed by atoms with E-state index in [1.807, 2.05) is 6.92 Å². The van der Waals surface area contributed by atoms with Gasteiger partial charge in [-0.1, -0.05) is 6.42 Å². The average Bonchev–Trinajstić information content (AvgIpc) is 2.74. The number of hydrogen-bond donors (Lipinski definition) is 2. The topological polar surface area (TPSA) is 42.9 Å². The lowest BCUT2D eigenvalue weighted by molar-refractivity contribution is 0.0173. The van der Waals surface area contributed by atoms with E-state index in [0.717, 1.165) is 64.2 Å². The Kier molecular flexibility index (Phi) is 10.2. The number of benzene rings is 1. The molecule has 2 aliphatic heterocycles. The molecule has 2 aliphatic rings. The fourth-order valence-electron chi connectivity index (χ4n) is 4.43. The number of nitrogens with one attached hydrogen (secondary N) is 2. The van der Waals surface area contributed by atoms with Crippen LogP contribution >= 0.6 is 24.0 Å². The molecule has 0 radical (unpaired) electrons. The highest BCUT2D eigenvalue weighted by atomic mass is 127. The largest absolute Gasteiger partial charge is 0.357 e. The van der Waals surface area contributed by atoms with Gasteiger partial charge in [-0.05, 0) is 84.0 Å². The highest BCUT2D eigenvalue weighted by molar-refractivity contribution is 14.0. The third-order valence-corrected chi connectivity index (χ3v) is 6.29. The molecule has 0 amide bonds. The smallest absolute Gasteiger partial charge is 0.191 e. The third kappa shape index (κ3) is 6.75. The molecular formula is C22H36F2IN5.